The first-order valence-corrected chi connectivity index (χ1v) is 34.0. The summed E-state index contributed by atoms with van der Waals surface area (Å²) in [5.74, 6) is -11.5. The van der Waals surface area contributed by atoms with Gasteiger partial charge in [0.25, 0.3) is 0 Å². The van der Waals surface area contributed by atoms with Gasteiger partial charge in [0.1, 0.15) is 66.5 Å². The maximum Gasteiger partial charge on any atom is 0.245 e. The van der Waals surface area contributed by atoms with Gasteiger partial charge < -0.3 is 113 Å². The van der Waals surface area contributed by atoms with E-state index >= 15 is 0 Å². The quantitative estimate of drug-likeness (QED) is 0.0274. The third-order valence-electron chi connectivity index (χ3n) is 15.8. The molecule has 1 aliphatic rings. The van der Waals surface area contributed by atoms with Crippen LogP contribution in [0.15, 0.2) is 30.3 Å². The Bertz CT molecular complexity index is 2700. The number of carbonyl (C=O) groups excluding carboxylic acids is 13. The molecule has 34 heteroatoms. The van der Waals surface area contributed by atoms with Gasteiger partial charge in [-0.2, -0.15) is 0 Å². The summed E-state index contributed by atoms with van der Waals surface area (Å²) in [6.45, 7) is 8.23. The predicted octanol–water partition coefficient (Wildman–Crippen LogP) is -6.07. The fraction of sp³-hybridized carbons (Fsp3) is 0.703. The number of nitrogens with two attached hydrogens (primary N) is 5. The van der Waals surface area contributed by atoms with Crippen LogP contribution in [0.5, 0.6) is 0 Å². The minimum Gasteiger partial charge on any atom is -0.391 e. The number of benzene rings is 1. The van der Waals surface area contributed by atoms with Crippen LogP contribution in [0.25, 0.3) is 0 Å². The molecule has 13 atom stereocenters. The summed E-state index contributed by atoms with van der Waals surface area (Å²) in [4.78, 5) is 181. The van der Waals surface area contributed by atoms with Crippen LogP contribution in [-0.4, -0.2) is 225 Å². The molecule has 1 aromatic carbocycles. The number of carbonyl (C=O) groups is 13. The number of aliphatic hydroxyl groups excluding tert-OH is 2. The Morgan fingerprint density at radius 3 is 1.58 bits per heavy atom. The first kappa shape index (κ1) is 86.1. The normalized spacial score (nSPS) is 21.3. The van der Waals surface area contributed by atoms with E-state index in [2.05, 4.69) is 76.0 Å². The molecule has 1 saturated heterocycles. The highest BCUT2D eigenvalue weighted by atomic mass is 16.5. The molecule has 0 unspecified atom stereocenters. The summed E-state index contributed by atoms with van der Waals surface area (Å²) >= 11 is 0. The highest BCUT2D eigenvalue weighted by Gasteiger charge is 2.38. The number of hydrogen-bond acceptors (Lipinski definition) is 21. The van der Waals surface area contributed by atoms with Crippen molar-refractivity contribution in [2.75, 3.05) is 59.0 Å². The van der Waals surface area contributed by atoms with Crippen LogP contribution in [0.1, 0.15) is 143 Å². The Morgan fingerprint density at radius 2 is 1.04 bits per heavy atom. The molecule has 0 aliphatic carbocycles. The van der Waals surface area contributed by atoms with Crippen LogP contribution in [0.4, 0.5) is 0 Å². The van der Waals surface area contributed by atoms with Crippen molar-refractivity contribution >= 4 is 76.8 Å². The predicted molar refractivity (Wildman–Crippen MR) is 362 cm³/mol. The minimum atomic E-state index is -1.82. The Labute approximate surface area is 573 Å². The summed E-state index contributed by atoms with van der Waals surface area (Å²) in [6, 6.07) is -8.05. The van der Waals surface area contributed by atoms with Crippen LogP contribution >= 0.6 is 0 Å². The van der Waals surface area contributed by atoms with E-state index in [0.29, 0.717) is 12.0 Å². The fourth-order valence-electron chi connectivity index (χ4n) is 10.4. The molecule has 0 spiro atoms. The smallest absolute Gasteiger partial charge is 0.245 e. The maximum atomic E-state index is 14.7. The molecular formula is C64H112N18O16. The van der Waals surface area contributed by atoms with Crippen molar-refractivity contribution < 1.29 is 77.3 Å². The lowest BCUT2D eigenvalue weighted by Gasteiger charge is -2.29. The minimum absolute atomic E-state index is 0.0179. The number of rotatable bonds is 38. The molecule has 1 fully saturated rings. The molecular weight excluding hydrogens is 1280 g/mol. The standard InChI is InChI=1S/C64H112N18O16/c1-7-8-9-10-11-15-18-42(72-51(86)25-33-98-34-32-70-40(6)85)54(87)74-47(23-30-69)60(93)82-53(39(5)84)64(97)78-45(21-28-67)56(89)77-48-24-31-71-63(96)52(38(4)83)81-59(92)46(22-29-68)75-55(88)43(19-26-65)76-61(94)49(35-37(2)3)79-62(95)50(36-41-16-13-12-14-17-41)80-57(90)44(20-27-66)73-58(48)91/h12-14,16-17,37-39,42-50,52-53,83-84H,7-11,15,18-36,65-69H2,1-6H3,(H,70,85)(H,71,96)(H,72,86)(H,73,91)(H,74,87)(H,75,88)(H,76,94)(H,77,89)(H,78,97)(H,79,95)(H,80,90)(H,81,92)(H,82,93)/t38-,39-,42+,43+,44+,45+,46+,47+,48+,49+,50-,52+,53+/m1/s1. The monoisotopic (exact) mass is 1390 g/mol. The van der Waals surface area contributed by atoms with Crippen molar-refractivity contribution in [2.45, 2.75) is 223 Å². The van der Waals surface area contributed by atoms with Gasteiger partial charge in [-0.3, -0.25) is 62.3 Å². The second kappa shape index (κ2) is 47.9. The van der Waals surface area contributed by atoms with E-state index in [-0.39, 0.29) is 122 Å². The van der Waals surface area contributed by atoms with Crippen molar-refractivity contribution in [3.05, 3.63) is 35.9 Å². The van der Waals surface area contributed by atoms with Gasteiger partial charge >= 0.3 is 0 Å². The van der Waals surface area contributed by atoms with E-state index < -0.39 is 163 Å². The molecule has 25 N–H and O–H groups in total. The van der Waals surface area contributed by atoms with Crippen molar-refractivity contribution in [1.82, 2.24) is 69.1 Å². The van der Waals surface area contributed by atoms with Gasteiger partial charge in [-0.1, -0.05) is 89.6 Å². The summed E-state index contributed by atoms with van der Waals surface area (Å²) in [7, 11) is 0. The molecule has 1 aliphatic heterocycles. The topological polar surface area (TPSA) is 558 Å². The van der Waals surface area contributed by atoms with E-state index in [4.69, 9.17) is 33.4 Å². The highest BCUT2D eigenvalue weighted by Crippen LogP contribution is 2.14. The van der Waals surface area contributed by atoms with E-state index in [1.165, 1.54) is 13.8 Å². The fourth-order valence-corrected chi connectivity index (χ4v) is 10.4. The second-order valence-electron chi connectivity index (χ2n) is 24.8. The molecule has 0 bridgehead atoms. The molecule has 554 valence electrons. The summed E-state index contributed by atoms with van der Waals surface area (Å²) < 4.78 is 5.44. The van der Waals surface area contributed by atoms with Gasteiger partial charge in [-0.25, -0.2) is 0 Å². The first-order chi connectivity index (χ1) is 46.6. The number of aliphatic hydroxyl groups is 2. The first-order valence-electron chi connectivity index (χ1n) is 34.0. The van der Waals surface area contributed by atoms with Crippen molar-refractivity contribution in [2.24, 2.45) is 34.6 Å². The molecule has 1 aromatic rings. The Kier molecular flexibility index (Phi) is 42.1. The van der Waals surface area contributed by atoms with E-state index in [0.717, 1.165) is 39.0 Å². The van der Waals surface area contributed by atoms with Crippen LogP contribution in [0.2, 0.25) is 0 Å². The third-order valence-corrected chi connectivity index (χ3v) is 15.8. The zero-order chi connectivity index (χ0) is 73.3. The van der Waals surface area contributed by atoms with Gasteiger partial charge in [0.2, 0.25) is 76.8 Å². The van der Waals surface area contributed by atoms with Gasteiger partial charge in [-0.05, 0) is 109 Å². The average molecular weight is 1390 g/mol. The van der Waals surface area contributed by atoms with Crippen molar-refractivity contribution in [3.8, 4) is 0 Å². The summed E-state index contributed by atoms with van der Waals surface area (Å²) in [5, 5.41) is 55.2. The average Bonchev–Trinajstić information content (AvgIpc) is 1.41. The van der Waals surface area contributed by atoms with Gasteiger partial charge in [-0.15, -0.1) is 0 Å². The molecule has 98 heavy (non-hydrogen) atoms. The molecule has 1 heterocycles. The number of ether oxygens (including phenoxy) is 1. The van der Waals surface area contributed by atoms with E-state index in [9.17, 15) is 72.5 Å². The molecule has 2 rings (SSSR count). The number of unbranched alkanes of at least 4 members (excludes halogenated alkanes) is 5. The van der Waals surface area contributed by atoms with Crippen LogP contribution in [0, 0.1) is 5.92 Å². The summed E-state index contributed by atoms with van der Waals surface area (Å²) in [5.41, 5.74) is 30.2. The molecule has 13 amide bonds. The molecule has 34 nitrogen and oxygen atoms in total. The summed E-state index contributed by atoms with van der Waals surface area (Å²) in [6.07, 6.45) is 0.272. The van der Waals surface area contributed by atoms with Gasteiger partial charge in [0, 0.05) is 32.9 Å². The number of amides is 13. The Balaban J connectivity index is 2.64. The Morgan fingerprint density at radius 1 is 0.551 bits per heavy atom. The number of hydrogen-bond donors (Lipinski definition) is 20. The van der Waals surface area contributed by atoms with Crippen molar-refractivity contribution in [3.63, 3.8) is 0 Å². The zero-order valence-electron chi connectivity index (χ0n) is 57.6. The lowest BCUT2D eigenvalue weighted by molar-refractivity contribution is -0.137. The molecule has 0 aromatic heterocycles. The molecule has 0 radical (unpaired) electrons. The maximum absolute atomic E-state index is 14.7. The van der Waals surface area contributed by atoms with Crippen molar-refractivity contribution in [1.29, 1.82) is 0 Å². The Hall–Kier alpha value is -7.99. The number of nitrogens with one attached hydrogen (secondary N) is 13. The van der Waals surface area contributed by atoms with Gasteiger partial charge in [0.15, 0.2) is 0 Å². The highest BCUT2D eigenvalue weighted by molar-refractivity contribution is 5.99. The lowest BCUT2D eigenvalue weighted by atomic mass is 10.00. The van der Waals surface area contributed by atoms with E-state index in [1.54, 1.807) is 44.2 Å². The molecule has 0 saturated carbocycles. The lowest BCUT2D eigenvalue weighted by Crippen LogP contribution is -2.62. The second-order valence-corrected chi connectivity index (χ2v) is 24.8. The SMILES string of the molecule is CCCCCCCC[C@H](NC(=O)CCOCCNC(C)=O)C(=O)N[C@@H](CCN)C(=O)N[C@H](C(=O)N[C@@H](CCN)C(=O)N[C@H]1CCNC(=O)[C@H]([C@@H](C)O)NC(=O)[C@H](CCN)NC(=O)[C@H](CCN)NC(=O)[C@H](CC(C)C)NC(=O)[C@@H](Cc2ccccc2)NC(=O)[C@H](CCN)NC1=O)[C@@H](C)O. The third kappa shape index (κ3) is 33.0. The largest absolute Gasteiger partial charge is 0.391 e. The van der Waals surface area contributed by atoms with E-state index in [1.807, 2.05) is 0 Å². The zero-order valence-corrected chi connectivity index (χ0v) is 57.6. The van der Waals surface area contributed by atoms with Crippen LogP contribution in [-0.2, 0) is 73.5 Å². The van der Waals surface area contributed by atoms with Gasteiger partial charge in [0.05, 0.1) is 25.4 Å². The van der Waals surface area contributed by atoms with Crippen LogP contribution in [0.3, 0.4) is 0 Å². The van der Waals surface area contributed by atoms with Crippen LogP contribution < -0.4 is 97.8 Å².